The summed E-state index contributed by atoms with van der Waals surface area (Å²) in [4.78, 5) is 22.6. The third-order valence-corrected chi connectivity index (χ3v) is 6.37. The molecular weight excluding hydrogens is 566 g/mol. The van der Waals surface area contributed by atoms with Crippen molar-refractivity contribution >= 4 is 22.7 Å². The van der Waals surface area contributed by atoms with Gasteiger partial charge in [-0.1, -0.05) is 42.5 Å². The molecule has 0 bridgehead atoms. The predicted octanol–water partition coefficient (Wildman–Crippen LogP) is 6.28. The number of fused-ring (bicyclic) bond motifs is 1. The van der Waals surface area contributed by atoms with E-state index < -0.39 is 29.4 Å². The quantitative estimate of drug-likeness (QED) is 0.264. The molecule has 0 atom stereocenters. The zero-order valence-electron chi connectivity index (χ0n) is 22.3. The Morgan fingerprint density at radius 3 is 2.17 bits per heavy atom. The van der Waals surface area contributed by atoms with E-state index >= 15 is 0 Å². The van der Waals surface area contributed by atoms with Crippen LogP contribution in [0.15, 0.2) is 66.9 Å². The fraction of sp³-hybridized carbons (Fsp3) is 0.276. The molecule has 2 N–H and O–H groups in total. The molecule has 0 saturated carbocycles. The van der Waals surface area contributed by atoms with Crippen molar-refractivity contribution in [1.29, 1.82) is 0 Å². The van der Waals surface area contributed by atoms with E-state index in [-0.39, 0.29) is 23.7 Å². The van der Waals surface area contributed by atoms with E-state index in [2.05, 4.69) is 15.3 Å². The lowest BCUT2D eigenvalue weighted by Crippen LogP contribution is -2.37. The third kappa shape index (κ3) is 7.34. The van der Waals surface area contributed by atoms with E-state index in [0.29, 0.717) is 50.1 Å². The van der Waals surface area contributed by atoms with E-state index in [1.54, 1.807) is 0 Å². The summed E-state index contributed by atoms with van der Waals surface area (Å²) in [5, 5.41) is 14.1. The van der Waals surface area contributed by atoms with E-state index in [1.165, 1.54) is 13.2 Å². The summed E-state index contributed by atoms with van der Waals surface area (Å²) in [7, 11) is 1.44. The second-order valence-corrected chi connectivity index (χ2v) is 9.31. The van der Waals surface area contributed by atoms with Gasteiger partial charge in [-0.15, -0.1) is 0 Å². The van der Waals surface area contributed by atoms with Gasteiger partial charge in [0.2, 0.25) is 5.95 Å². The Hall–Kier alpha value is -4.23. The summed E-state index contributed by atoms with van der Waals surface area (Å²) >= 11 is 0. The van der Waals surface area contributed by atoms with Crippen LogP contribution < -0.4 is 10.2 Å². The van der Waals surface area contributed by atoms with Crippen LogP contribution in [0.4, 0.5) is 32.3 Å². The van der Waals surface area contributed by atoms with Crippen LogP contribution in [-0.4, -0.2) is 54.4 Å². The molecule has 222 valence electrons. The summed E-state index contributed by atoms with van der Waals surface area (Å²) in [6.07, 6.45) is -8.18. The maximum absolute atomic E-state index is 12.4. The summed E-state index contributed by atoms with van der Waals surface area (Å²) < 4.78 is 79.7. The zero-order chi connectivity index (χ0) is 30.5. The Balaban J connectivity index is 0.000000209. The van der Waals surface area contributed by atoms with Gasteiger partial charge in [0.1, 0.15) is 5.56 Å². The van der Waals surface area contributed by atoms with Gasteiger partial charge < -0.3 is 20.1 Å². The molecule has 0 amide bonds. The summed E-state index contributed by atoms with van der Waals surface area (Å²) in [6, 6.07) is 15.2. The highest BCUT2D eigenvalue weighted by molar-refractivity contribution is 6.02. The topological polar surface area (TPSA) is 87.6 Å². The average Bonchev–Trinajstić information content (AvgIpc) is 2.96. The second-order valence-electron chi connectivity index (χ2n) is 9.31. The molecule has 2 heterocycles. The van der Waals surface area contributed by atoms with Crippen LogP contribution >= 0.6 is 0 Å². The van der Waals surface area contributed by atoms with Crippen LogP contribution in [0.2, 0.25) is 0 Å². The van der Waals surface area contributed by atoms with Gasteiger partial charge in [0, 0.05) is 31.4 Å². The van der Waals surface area contributed by atoms with Crippen molar-refractivity contribution in [3.05, 3.63) is 89.1 Å². The highest BCUT2D eigenvalue weighted by Gasteiger charge is 2.36. The lowest BCUT2D eigenvalue weighted by atomic mass is 9.99. The Morgan fingerprint density at radius 2 is 1.57 bits per heavy atom. The van der Waals surface area contributed by atoms with Crippen molar-refractivity contribution < 1.29 is 41.0 Å². The van der Waals surface area contributed by atoms with Crippen molar-refractivity contribution in [2.75, 3.05) is 38.3 Å². The molecule has 5 rings (SSSR count). The number of halogens is 6. The summed E-state index contributed by atoms with van der Waals surface area (Å²) in [6.45, 7) is 2.57. The first-order valence-corrected chi connectivity index (χ1v) is 12.7. The zero-order valence-corrected chi connectivity index (χ0v) is 22.3. The average molecular weight is 593 g/mol. The predicted molar refractivity (Wildman–Crippen MR) is 144 cm³/mol. The number of carboxylic acids is 1. The Bertz CT molecular complexity index is 1520. The van der Waals surface area contributed by atoms with Gasteiger partial charge in [-0.25, -0.2) is 14.8 Å². The molecule has 1 fully saturated rings. The summed E-state index contributed by atoms with van der Waals surface area (Å²) in [5.74, 6) is -0.493. The van der Waals surface area contributed by atoms with Gasteiger partial charge >= 0.3 is 18.3 Å². The molecule has 0 radical (unpaired) electrons. The number of nitrogens with zero attached hydrogens (tertiary/aromatic N) is 3. The number of alkyl halides is 6. The molecule has 4 aromatic rings. The first-order valence-electron chi connectivity index (χ1n) is 12.7. The maximum Gasteiger partial charge on any atom is 0.416 e. The molecule has 1 aliphatic heterocycles. The summed E-state index contributed by atoms with van der Waals surface area (Å²) in [5.41, 5.74) is -1.30. The number of morpholine rings is 1. The van der Waals surface area contributed by atoms with Gasteiger partial charge in [0.05, 0.1) is 30.0 Å². The molecule has 7 nitrogen and oxygen atoms in total. The minimum Gasteiger partial charge on any atom is -0.478 e. The standard InChI is InChI=1S/C19H17N3O3.C10H9F6N/c23-18(24)16-12-20-19(22-8-10-25-11-9-22)21-17(16)15-7-3-5-13-4-1-2-6-14(13)15;1-17-5-6-2-7(9(11,12)13)4-8(3-6)10(14,15)16/h1-7,12H,8-11H2,(H,23,24);2-4,17H,5H2,1H3. The van der Waals surface area contributed by atoms with Crippen LogP contribution in [0.5, 0.6) is 0 Å². The van der Waals surface area contributed by atoms with Gasteiger partial charge in [0.15, 0.2) is 0 Å². The van der Waals surface area contributed by atoms with Crippen LogP contribution in [-0.2, 0) is 23.6 Å². The van der Waals surface area contributed by atoms with Crippen molar-refractivity contribution in [2.45, 2.75) is 18.9 Å². The molecule has 0 aliphatic carbocycles. The second kappa shape index (κ2) is 12.7. The van der Waals surface area contributed by atoms with E-state index in [0.717, 1.165) is 16.3 Å². The van der Waals surface area contributed by atoms with Gasteiger partial charge in [-0.3, -0.25) is 0 Å². The molecule has 0 spiro atoms. The Kier molecular flexibility index (Phi) is 9.32. The van der Waals surface area contributed by atoms with Crippen LogP contribution in [0.25, 0.3) is 22.0 Å². The normalized spacial score (nSPS) is 13.9. The molecule has 42 heavy (non-hydrogen) atoms. The van der Waals surface area contributed by atoms with Crippen molar-refractivity contribution in [1.82, 2.24) is 15.3 Å². The molecule has 1 saturated heterocycles. The van der Waals surface area contributed by atoms with Crippen LogP contribution in [0.1, 0.15) is 27.0 Å². The van der Waals surface area contributed by atoms with Gasteiger partial charge in [-0.05, 0) is 41.6 Å². The first kappa shape index (κ1) is 30.7. The van der Waals surface area contributed by atoms with Crippen molar-refractivity contribution in [3.8, 4) is 11.3 Å². The smallest absolute Gasteiger partial charge is 0.416 e. The molecule has 13 heteroatoms. The van der Waals surface area contributed by atoms with E-state index in [1.807, 2.05) is 47.4 Å². The lowest BCUT2D eigenvalue weighted by molar-refractivity contribution is -0.143. The number of anilines is 1. The molecule has 1 aromatic heterocycles. The number of carbonyl (C=O) groups is 1. The van der Waals surface area contributed by atoms with E-state index in [9.17, 15) is 36.2 Å². The number of benzene rings is 3. The number of hydrogen-bond acceptors (Lipinski definition) is 6. The number of carboxylic acid groups (broad SMARTS) is 1. The minimum absolute atomic E-state index is 0.0605. The number of nitrogens with one attached hydrogen (secondary N) is 1. The highest BCUT2D eigenvalue weighted by Crippen LogP contribution is 2.36. The fourth-order valence-electron chi connectivity index (χ4n) is 4.41. The van der Waals surface area contributed by atoms with Crippen molar-refractivity contribution in [2.24, 2.45) is 0 Å². The van der Waals surface area contributed by atoms with Gasteiger partial charge in [-0.2, -0.15) is 26.3 Å². The van der Waals surface area contributed by atoms with Crippen LogP contribution in [0, 0.1) is 0 Å². The SMILES string of the molecule is CNCc1cc(C(F)(F)F)cc(C(F)(F)F)c1.O=C(O)c1cnc(N2CCOCC2)nc1-c1cccc2ccccc12. The fourth-order valence-corrected chi connectivity index (χ4v) is 4.41. The van der Waals surface area contributed by atoms with Crippen LogP contribution in [0.3, 0.4) is 0 Å². The van der Waals surface area contributed by atoms with Crippen molar-refractivity contribution in [3.63, 3.8) is 0 Å². The highest BCUT2D eigenvalue weighted by atomic mass is 19.4. The monoisotopic (exact) mass is 592 g/mol. The number of aromatic nitrogens is 2. The maximum atomic E-state index is 12.4. The Morgan fingerprint density at radius 1 is 0.952 bits per heavy atom. The minimum atomic E-state index is -4.79. The Labute approximate surface area is 236 Å². The van der Waals surface area contributed by atoms with E-state index in [4.69, 9.17) is 4.74 Å². The number of aromatic carboxylic acids is 1. The molecule has 3 aromatic carbocycles. The largest absolute Gasteiger partial charge is 0.478 e. The lowest BCUT2D eigenvalue weighted by Gasteiger charge is -2.27. The number of hydrogen-bond donors (Lipinski definition) is 2. The van der Waals surface area contributed by atoms with Gasteiger partial charge in [0.25, 0.3) is 0 Å². The molecule has 1 aliphatic rings. The number of ether oxygens (including phenoxy) is 1. The molecular formula is C29H26F6N4O3. The third-order valence-electron chi connectivity index (χ3n) is 6.37. The number of rotatable bonds is 5. The first-order chi connectivity index (χ1) is 19.9. The molecule has 0 unspecified atom stereocenters.